The fourth-order valence-corrected chi connectivity index (χ4v) is 3.59. The molecule has 0 bridgehead atoms. The Hall–Kier alpha value is -2.65. The monoisotopic (exact) mass is 420 g/mol. The molecule has 1 saturated carbocycles. The number of carbonyl (C=O) groups is 2. The van der Waals surface area contributed by atoms with Crippen LogP contribution in [-0.2, 0) is 14.3 Å². The number of rotatable bonds is 4. The van der Waals surface area contributed by atoms with Crippen molar-refractivity contribution in [2.45, 2.75) is 32.3 Å². The van der Waals surface area contributed by atoms with Crippen LogP contribution < -0.4 is 4.74 Å². The van der Waals surface area contributed by atoms with Gasteiger partial charge in [0.1, 0.15) is 6.10 Å². The first-order chi connectivity index (χ1) is 13.8. The first-order valence-corrected chi connectivity index (χ1v) is 8.99. The van der Waals surface area contributed by atoms with Crippen molar-refractivity contribution in [1.29, 1.82) is 0 Å². The number of allylic oxidation sites excluding steroid dienone is 1. The lowest BCUT2D eigenvalue weighted by molar-refractivity contribution is -0.145. The molecule has 2 aliphatic rings. The molecule has 1 aromatic carbocycles. The predicted octanol–water partition coefficient (Wildman–Crippen LogP) is 4.43. The van der Waals surface area contributed by atoms with Gasteiger partial charge in [0.25, 0.3) is 0 Å². The van der Waals surface area contributed by atoms with E-state index in [0.717, 1.165) is 0 Å². The summed E-state index contributed by atoms with van der Waals surface area (Å²) in [6, 6.07) is 0. The Morgan fingerprint density at radius 3 is 2.21 bits per heavy atom. The van der Waals surface area contributed by atoms with Gasteiger partial charge in [-0.05, 0) is 44.1 Å². The van der Waals surface area contributed by atoms with Crippen LogP contribution in [0.1, 0.15) is 26.2 Å². The average molecular weight is 420 g/mol. The van der Waals surface area contributed by atoms with Crippen molar-refractivity contribution in [1.82, 2.24) is 0 Å². The van der Waals surface area contributed by atoms with Gasteiger partial charge in [0.2, 0.25) is 34.8 Å². The molecule has 1 aromatic rings. The number of halogens is 5. The molecule has 0 unspecified atom stereocenters. The van der Waals surface area contributed by atoms with Crippen LogP contribution in [0.2, 0.25) is 0 Å². The molecular formula is C19H17F5O5. The highest BCUT2D eigenvalue weighted by molar-refractivity contribution is 5.76. The van der Waals surface area contributed by atoms with Crippen molar-refractivity contribution in [2.24, 2.45) is 17.8 Å². The molecule has 0 aromatic heterocycles. The molecule has 5 nitrogen and oxygen atoms in total. The molecule has 0 heterocycles. The Bertz CT molecular complexity index is 827. The van der Waals surface area contributed by atoms with Gasteiger partial charge >= 0.3 is 12.1 Å². The van der Waals surface area contributed by atoms with Crippen LogP contribution in [-0.4, -0.2) is 24.8 Å². The van der Waals surface area contributed by atoms with Crippen molar-refractivity contribution in [2.75, 3.05) is 6.61 Å². The zero-order valence-electron chi connectivity index (χ0n) is 15.2. The van der Waals surface area contributed by atoms with E-state index in [1.807, 2.05) is 0 Å². The highest BCUT2D eigenvalue weighted by atomic mass is 19.2. The van der Waals surface area contributed by atoms with Gasteiger partial charge in [-0.15, -0.1) is 0 Å². The maximum Gasteiger partial charge on any atom is 0.514 e. The third-order valence-electron chi connectivity index (χ3n) is 5.04. The van der Waals surface area contributed by atoms with E-state index in [1.165, 1.54) is 6.08 Å². The van der Waals surface area contributed by atoms with Crippen molar-refractivity contribution in [3.8, 4) is 5.75 Å². The van der Waals surface area contributed by atoms with E-state index < -0.39 is 47.1 Å². The van der Waals surface area contributed by atoms with E-state index in [-0.39, 0.29) is 30.3 Å². The molecule has 0 N–H and O–H groups in total. The Labute approximate surface area is 162 Å². The van der Waals surface area contributed by atoms with E-state index >= 15 is 0 Å². The van der Waals surface area contributed by atoms with Gasteiger partial charge in [-0.3, -0.25) is 4.79 Å². The minimum Gasteiger partial charge on any atom is -0.466 e. The Balaban J connectivity index is 1.62. The third kappa shape index (κ3) is 4.20. The fraction of sp³-hybridized carbons (Fsp3) is 0.474. The number of carbonyl (C=O) groups excluding carboxylic acids is 2. The first-order valence-electron chi connectivity index (χ1n) is 8.99. The summed E-state index contributed by atoms with van der Waals surface area (Å²) in [5.74, 6) is -13.4. The molecule has 0 spiro atoms. The van der Waals surface area contributed by atoms with Gasteiger partial charge in [0.05, 0.1) is 12.5 Å². The first kappa shape index (κ1) is 21.1. The van der Waals surface area contributed by atoms with Crippen LogP contribution in [0.25, 0.3) is 0 Å². The van der Waals surface area contributed by atoms with Crippen LogP contribution in [0, 0.1) is 46.8 Å². The second kappa shape index (κ2) is 8.38. The normalized spacial score (nSPS) is 26.6. The highest BCUT2D eigenvalue weighted by Crippen LogP contribution is 2.53. The summed E-state index contributed by atoms with van der Waals surface area (Å²) < 4.78 is 80.7. The lowest BCUT2D eigenvalue weighted by atomic mass is 10.0. The largest absolute Gasteiger partial charge is 0.514 e. The van der Waals surface area contributed by atoms with Crippen LogP contribution in [0.3, 0.4) is 0 Å². The number of hydrogen-bond acceptors (Lipinski definition) is 5. The minimum atomic E-state index is -2.36. The predicted molar refractivity (Wildman–Crippen MR) is 87.2 cm³/mol. The summed E-state index contributed by atoms with van der Waals surface area (Å²) in [5, 5.41) is 0. The summed E-state index contributed by atoms with van der Waals surface area (Å²) in [7, 11) is 0. The van der Waals surface area contributed by atoms with E-state index in [4.69, 9.17) is 9.47 Å². The zero-order valence-corrected chi connectivity index (χ0v) is 15.2. The summed E-state index contributed by atoms with van der Waals surface area (Å²) in [6.45, 7) is 1.99. The van der Waals surface area contributed by atoms with E-state index in [2.05, 4.69) is 4.74 Å². The second-order valence-electron chi connectivity index (χ2n) is 6.75. The molecule has 158 valence electrons. The number of hydrogen-bond donors (Lipinski definition) is 0. The number of fused-ring (bicyclic) bond motifs is 1. The Morgan fingerprint density at radius 1 is 0.966 bits per heavy atom. The molecule has 29 heavy (non-hydrogen) atoms. The van der Waals surface area contributed by atoms with E-state index in [1.54, 1.807) is 13.0 Å². The molecule has 0 aliphatic heterocycles. The van der Waals surface area contributed by atoms with Crippen molar-refractivity contribution < 1.29 is 45.8 Å². The highest BCUT2D eigenvalue weighted by Gasteiger charge is 2.54. The molecule has 4 atom stereocenters. The minimum absolute atomic E-state index is 0.0660. The molecular weight excluding hydrogens is 403 g/mol. The third-order valence-corrected chi connectivity index (χ3v) is 5.04. The number of benzene rings is 1. The maximum absolute atomic E-state index is 13.6. The van der Waals surface area contributed by atoms with Gasteiger partial charge in [0, 0.05) is 0 Å². The van der Waals surface area contributed by atoms with Gasteiger partial charge in [0.15, 0.2) is 0 Å². The summed E-state index contributed by atoms with van der Waals surface area (Å²) in [5.41, 5.74) is 0. The van der Waals surface area contributed by atoms with Crippen LogP contribution in [0.15, 0.2) is 12.2 Å². The Kier molecular flexibility index (Phi) is 6.09. The average Bonchev–Trinajstić information content (AvgIpc) is 3.36. The van der Waals surface area contributed by atoms with Crippen LogP contribution in [0.4, 0.5) is 26.7 Å². The van der Waals surface area contributed by atoms with Crippen LogP contribution in [0.5, 0.6) is 5.75 Å². The van der Waals surface area contributed by atoms with Crippen molar-refractivity contribution in [3.63, 3.8) is 0 Å². The topological polar surface area (TPSA) is 61.8 Å². The number of esters is 1. The van der Waals surface area contributed by atoms with Gasteiger partial charge < -0.3 is 14.2 Å². The zero-order chi connectivity index (χ0) is 21.3. The van der Waals surface area contributed by atoms with Crippen LogP contribution >= 0.6 is 0 Å². The number of ether oxygens (including phenoxy) is 3. The molecule has 3 rings (SSSR count). The Morgan fingerprint density at radius 2 is 1.59 bits per heavy atom. The van der Waals surface area contributed by atoms with E-state index in [9.17, 15) is 31.5 Å². The smallest absolute Gasteiger partial charge is 0.466 e. The van der Waals surface area contributed by atoms with Crippen molar-refractivity contribution in [3.05, 3.63) is 41.2 Å². The standard InChI is InChI=1S/C19H17F5O5/c1-2-27-18(25)11-9-5-3-4-8(6-7-10(9)11)28-19(26)29-17-15(23)13(21)12(20)14(22)16(17)24/h3-4,8-11H,2,5-7H2,1H3/b4-3+/t8-,9-,10+,11+/m0/s1. The molecule has 0 amide bonds. The van der Waals surface area contributed by atoms with Crippen molar-refractivity contribution >= 4 is 12.1 Å². The quantitative estimate of drug-likeness (QED) is 0.180. The second-order valence-corrected chi connectivity index (χ2v) is 6.75. The maximum atomic E-state index is 13.6. The van der Waals surface area contributed by atoms with Gasteiger partial charge in [-0.2, -0.15) is 8.78 Å². The van der Waals surface area contributed by atoms with Gasteiger partial charge in [-0.1, -0.05) is 6.08 Å². The summed E-state index contributed by atoms with van der Waals surface area (Å²) >= 11 is 0. The lowest BCUT2D eigenvalue weighted by Gasteiger charge is -2.16. The fourth-order valence-electron chi connectivity index (χ4n) is 3.59. The summed E-state index contributed by atoms with van der Waals surface area (Å²) in [4.78, 5) is 23.7. The summed E-state index contributed by atoms with van der Waals surface area (Å²) in [6.07, 6.45) is 2.15. The van der Waals surface area contributed by atoms with E-state index in [0.29, 0.717) is 19.3 Å². The van der Waals surface area contributed by atoms with Gasteiger partial charge in [-0.25, -0.2) is 18.0 Å². The molecule has 1 fully saturated rings. The molecule has 2 aliphatic carbocycles. The lowest BCUT2D eigenvalue weighted by Crippen LogP contribution is -2.21. The SMILES string of the molecule is CCOC(=O)[C@H]1[C@@H]2CC[C@@H](OC(=O)Oc3c(F)c(F)c(F)c(F)c3F)/C=C/C[C@@H]21. The molecule has 0 saturated heterocycles. The molecule has 0 radical (unpaired) electrons. The molecule has 10 heteroatoms.